The van der Waals surface area contributed by atoms with Gasteiger partial charge in [-0.05, 0) is 39.5 Å². The van der Waals surface area contributed by atoms with Gasteiger partial charge in [0.15, 0.2) is 0 Å². The van der Waals surface area contributed by atoms with Gasteiger partial charge in [0.1, 0.15) is 12.1 Å². The minimum atomic E-state index is 0.512. The van der Waals surface area contributed by atoms with Crippen LogP contribution in [0.15, 0.2) is 6.33 Å². The number of aromatic nitrogens is 2. The molecule has 0 bridgehead atoms. The predicted octanol–water partition coefficient (Wildman–Crippen LogP) is 1.93. The minimum Gasteiger partial charge on any atom is -0.351 e. The Bertz CT molecular complexity index is 446. The number of hydrogen-bond donors (Lipinski definition) is 1. The van der Waals surface area contributed by atoms with Crippen molar-refractivity contribution in [3.05, 3.63) is 17.6 Å². The van der Waals surface area contributed by atoms with Crippen LogP contribution >= 0.6 is 0 Å². The van der Waals surface area contributed by atoms with E-state index < -0.39 is 0 Å². The molecule has 0 aromatic carbocycles. The first-order chi connectivity index (χ1) is 9.25. The van der Waals surface area contributed by atoms with Gasteiger partial charge in [-0.2, -0.15) is 0 Å². The van der Waals surface area contributed by atoms with Gasteiger partial charge >= 0.3 is 0 Å². The predicted molar refractivity (Wildman–Crippen MR) is 77.6 cm³/mol. The summed E-state index contributed by atoms with van der Waals surface area (Å²) in [6.45, 7) is 6.62. The number of nitrogens with one attached hydrogen (secondary N) is 1. The van der Waals surface area contributed by atoms with E-state index in [4.69, 9.17) is 0 Å². The third-order valence-corrected chi connectivity index (χ3v) is 4.39. The van der Waals surface area contributed by atoms with Crippen molar-refractivity contribution in [1.82, 2.24) is 15.3 Å². The Hall–Kier alpha value is -1.16. The molecule has 1 N–H and O–H groups in total. The summed E-state index contributed by atoms with van der Waals surface area (Å²) < 4.78 is 0. The van der Waals surface area contributed by atoms with Crippen molar-refractivity contribution in [2.24, 2.45) is 0 Å². The van der Waals surface area contributed by atoms with Crippen molar-refractivity contribution in [2.45, 2.75) is 58.0 Å². The summed E-state index contributed by atoms with van der Waals surface area (Å²) in [6.07, 6.45) is 7.92. The molecular weight excluding hydrogens is 236 g/mol. The molecule has 0 spiro atoms. The van der Waals surface area contributed by atoms with E-state index in [2.05, 4.69) is 34.0 Å². The lowest BCUT2D eigenvalue weighted by molar-refractivity contribution is 0.421. The fourth-order valence-corrected chi connectivity index (χ4v) is 3.24. The molecule has 19 heavy (non-hydrogen) atoms. The van der Waals surface area contributed by atoms with Gasteiger partial charge in [0.25, 0.3) is 0 Å². The lowest BCUT2D eigenvalue weighted by atomic mass is 10.1. The molecule has 4 heteroatoms. The summed E-state index contributed by atoms with van der Waals surface area (Å²) in [7, 11) is 0. The lowest BCUT2D eigenvalue weighted by Gasteiger charge is -2.39. The SMILES string of the molecule is CC1CN(c2ncnc3c2CCCCC3)C(C)CN1. The first-order valence-electron chi connectivity index (χ1n) is 7.58. The van der Waals surface area contributed by atoms with Crippen LogP contribution in [-0.4, -0.2) is 35.1 Å². The molecule has 0 saturated carbocycles. The molecule has 1 saturated heterocycles. The van der Waals surface area contributed by atoms with E-state index in [1.807, 2.05) is 0 Å². The molecule has 2 heterocycles. The number of aryl methyl sites for hydroxylation is 1. The first kappa shape index (κ1) is 12.9. The van der Waals surface area contributed by atoms with Gasteiger partial charge in [0, 0.05) is 36.4 Å². The highest BCUT2D eigenvalue weighted by Crippen LogP contribution is 2.28. The van der Waals surface area contributed by atoms with Crippen LogP contribution in [0.4, 0.5) is 5.82 Å². The third kappa shape index (κ3) is 2.59. The molecule has 1 fully saturated rings. The van der Waals surface area contributed by atoms with Crippen LogP contribution in [0.2, 0.25) is 0 Å². The molecule has 2 atom stereocenters. The van der Waals surface area contributed by atoms with Gasteiger partial charge in [0.2, 0.25) is 0 Å². The lowest BCUT2D eigenvalue weighted by Crippen LogP contribution is -2.55. The van der Waals surface area contributed by atoms with Crippen LogP contribution in [0.5, 0.6) is 0 Å². The summed E-state index contributed by atoms with van der Waals surface area (Å²) in [4.78, 5) is 11.6. The van der Waals surface area contributed by atoms with Crippen molar-refractivity contribution in [3.8, 4) is 0 Å². The van der Waals surface area contributed by atoms with Gasteiger partial charge in [-0.3, -0.25) is 0 Å². The van der Waals surface area contributed by atoms with Crippen molar-refractivity contribution in [3.63, 3.8) is 0 Å². The van der Waals surface area contributed by atoms with Crippen LogP contribution < -0.4 is 10.2 Å². The monoisotopic (exact) mass is 260 g/mol. The molecule has 2 unspecified atom stereocenters. The average Bonchev–Trinajstić information content (AvgIpc) is 2.66. The zero-order chi connectivity index (χ0) is 13.2. The second-order valence-corrected chi connectivity index (χ2v) is 5.99. The maximum absolute atomic E-state index is 4.63. The fourth-order valence-electron chi connectivity index (χ4n) is 3.24. The normalized spacial score (nSPS) is 27.8. The minimum absolute atomic E-state index is 0.512. The molecule has 1 aromatic rings. The second-order valence-electron chi connectivity index (χ2n) is 5.99. The van der Waals surface area contributed by atoms with E-state index in [1.54, 1.807) is 6.33 Å². The number of rotatable bonds is 1. The van der Waals surface area contributed by atoms with E-state index in [0.717, 1.165) is 25.9 Å². The zero-order valence-electron chi connectivity index (χ0n) is 12.0. The van der Waals surface area contributed by atoms with Crippen LogP contribution in [0.3, 0.4) is 0 Å². The van der Waals surface area contributed by atoms with E-state index in [0.29, 0.717) is 12.1 Å². The summed E-state index contributed by atoms with van der Waals surface area (Å²) in [5, 5.41) is 3.54. The molecule has 1 aliphatic heterocycles. The van der Waals surface area contributed by atoms with E-state index in [1.165, 1.54) is 36.3 Å². The van der Waals surface area contributed by atoms with Crippen LogP contribution in [0, 0.1) is 0 Å². The van der Waals surface area contributed by atoms with Gasteiger partial charge < -0.3 is 10.2 Å². The highest BCUT2D eigenvalue weighted by molar-refractivity contribution is 5.50. The van der Waals surface area contributed by atoms with Crippen LogP contribution in [-0.2, 0) is 12.8 Å². The Labute approximate surface area is 115 Å². The third-order valence-electron chi connectivity index (χ3n) is 4.39. The number of hydrogen-bond acceptors (Lipinski definition) is 4. The molecule has 3 rings (SSSR count). The summed E-state index contributed by atoms with van der Waals surface area (Å²) in [5.74, 6) is 1.20. The summed E-state index contributed by atoms with van der Waals surface area (Å²) in [6, 6.07) is 1.05. The Kier molecular flexibility index (Phi) is 3.69. The number of anilines is 1. The second kappa shape index (κ2) is 5.45. The van der Waals surface area contributed by atoms with Crippen LogP contribution in [0.1, 0.15) is 44.4 Å². The molecule has 104 valence electrons. The molecule has 1 aliphatic carbocycles. The van der Waals surface area contributed by atoms with Gasteiger partial charge in [-0.15, -0.1) is 0 Å². The number of fused-ring (bicyclic) bond motifs is 1. The highest BCUT2D eigenvalue weighted by Gasteiger charge is 2.26. The molecule has 2 aliphatic rings. The molecule has 0 radical (unpaired) electrons. The molecule has 1 aromatic heterocycles. The first-order valence-corrected chi connectivity index (χ1v) is 7.58. The van der Waals surface area contributed by atoms with Gasteiger partial charge in [0.05, 0.1) is 0 Å². The topological polar surface area (TPSA) is 41.1 Å². The van der Waals surface area contributed by atoms with Crippen molar-refractivity contribution >= 4 is 5.82 Å². The zero-order valence-corrected chi connectivity index (χ0v) is 12.0. The largest absolute Gasteiger partial charge is 0.351 e. The number of piperazine rings is 1. The van der Waals surface area contributed by atoms with Gasteiger partial charge in [-0.1, -0.05) is 6.42 Å². The van der Waals surface area contributed by atoms with E-state index >= 15 is 0 Å². The smallest absolute Gasteiger partial charge is 0.135 e. The quantitative estimate of drug-likeness (QED) is 0.783. The maximum Gasteiger partial charge on any atom is 0.135 e. The van der Waals surface area contributed by atoms with E-state index in [9.17, 15) is 0 Å². The van der Waals surface area contributed by atoms with Gasteiger partial charge in [-0.25, -0.2) is 9.97 Å². The molecule has 0 amide bonds. The van der Waals surface area contributed by atoms with Crippen molar-refractivity contribution in [2.75, 3.05) is 18.0 Å². The van der Waals surface area contributed by atoms with E-state index in [-0.39, 0.29) is 0 Å². The van der Waals surface area contributed by atoms with Crippen LogP contribution in [0.25, 0.3) is 0 Å². The Morgan fingerprint density at radius 2 is 2.00 bits per heavy atom. The standard InChI is InChI=1S/C15H24N4/c1-11-9-19(12(2)8-16-11)15-13-6-4-3-5-7-14(13)17-10-18-15/h10-12,16H,3-9H2,1-2H3. The summed E-state index contributed by atoms with van der Waals surface area (Å²) >= 11 is 0. The Morgan fingerprint density at radius 3 is 2.89 bits per heavy atom. The molecule has 4 nitrogen and oxygen atoms in total. The van der Waals surface area contributed by atoms with Crippen molar-refractivity contribution < 1.29 is 0 Å². The Balaban J connectivity index is 1.95. The molecular formula is C15H24N4. The van der Waals surface area contributed by atoms with Crippen molar-refractivity contribution in [1.29, 1.82) is 0 Å². The Morgan fingerprint density at radius 1 is 1.16 bits per heavy atom. The fraction of sp³-hybridized carbons (Fsp3) is 0.733. The average molecular weight is 260 g/mol. The highest BCUT2D eigenvalue weighted by atomic mass is 15.3. The maximum atomic E-state index is 4.63. The summed E-state index contributed by atoms with van der Waals surface area (Å²) in [5.41, 5.74) is 2.71. The number of nitrogens with zero attached hydrogens (tertiary/aromatic N) is 3.